The van der Waals surface area contributed by atoms with E-state index in [1.165, 1.54) is 0 Å². The van der Waals surface area contributed by atoms with Gasteiger partial charge in [0.2, 0.25) is 11.1 Å². The Morgan fingerprint density at radius 1 is 0.688 bits per heavy atom. The maximum atomic E-state index is 12.8. The van der Waals surface area contributed by atoms with Crippen LogP contribution < -0.4 is 0 Å². The molecule has 1 rings (SSSR count). The van der Waals surface area contributed by atoms with Gasteiger partial charge in [-0.15, -0.1) is 0 Å². The Morgan fingerprint density at radius 3 is 1.31 bits per heavy atom. The van der Waals surface area contributed by atoms with Crippen LogP contribution in [-0.4, -0.2) is 0 Å². The lowest BCUT2D eigenvalue weighted by atomic mass is 10.1. The number of hydrogen-bond acceptors (Lipinski definition) is 0. The average molecular weight is 265 g/mol. The Balaban J connectivity index is 3.72. The third-order valence-corrected chi connectivity index (χ3v) is 1.76. The first-order chi connectivity index (χ1) is 7.29. The van der Waals surface area contributed by atoms with E-state index in [0.29, 0.717) is 0 Å². The summed E-state index contributed by atoms with van der Waals surface area (Å²) in [6.07, 6.45) is 0. The van der Waals surface area contributed by atoms with Gasteiger partial charge in [0, 0.05) is 0 Å². The van der Waals surface area contributed by atoms with Crippen LogP contribution in [-0.2, 0) is 0 Å². The van der Waals surface area contributed by atoms with Crippen molar-refractivity contribution in [3.05, 3.63) is 39.9 Å². The van der Waals surface area contributed by atoms with Crippen LogP contribution in [0.2, 0.25) is 0 Å². The van der Waals surface area contributed by atoms with Gasteiger partial charge in [-0.1, -0.05) is 0 Å². The van der Waals surface area contributed by atoms with Gasteiger partial charge in [0.15, 0.2) is 29.1 Å². The number of benzene rings is 1. The molecule has 0 heterocycles. The van der Waals surface area contributed by atoms with Gasteiger partial charge in [0.25, 0.3) is 0 Å². The zero-order valence-electron chi connectivity index (χ0n) is 7.02. The van der Waals surface area contributed by atoms with Crippen LogP contribution in [0.1, 0.15) is 5.56 Å². The van der Waals surface area contributed by atoms with E-state index in [0.717, 1.165) is 0 Å². The molecule has 0 radical (unpaired) electrons. The molecule has 0 saturated carbocycles. The molecule has 0 amide bonds. The molecule has 0 bridgehead atoms. The van der Waals surface area contributed by atoms with Gasteiger partial charge in [-0.3, -0.25) is 0 Å². The number of rotatable bonds is 1. The molecule has 0 aliphatic carbocycles. The summed E-state index contributed by atoms with van der Waals surface area (Å²) in [5.41, 5.74) is -2.04. The first-order valence-corrected chi connectivity index (χ1v) is 3.89. The van der Waals surface area contributed by atoms with E-state index < -0.39 is 45.8 Å². The lowest BCUT2D eigenvalue weighted by Crippen LogP contribution is -2.05. The van der Waals surface area contributed by atoms with Crippen LogP contribution >= 0.6 is 11.6 Å². The largest absolute Gasteiger partial charge is 0.225 e. The Labute approximate surface area is 88.9 Å². The molecule has 0 atom stereocenters. The summed E-state index contributed by atoms with van der Waals surface area (Å²) in [5, 5.41) is -2.22. The predicted octanol–water partition coefficient (Wildman–Crippen LogP) is 4.19. The molecule has 0 aromatic heterocycles. The second-order valence-electron chi connectivity index (χ2n) is 2.52. The molecule has 1 aromatic rings. The molecule has 0 aliphatic heterocycles. The van der Waals surface area contributed by atoms with Crippen LogP contribution in [0.4, 0.5) is 30.7 Å². The van der Waals surface area contributed by atoms with Crippen LogP contribution in [0.5, 0.6) is 0 Å². The normalized spacial score (nSPS) is 12.8. The van der Waals surface area contributed by atoms with Crippen LogP contribution in [0.25, 0.3) is 5.83 Å². The van der Waals surface area contributed by atoms with Crippen molar-refractivity contribution in [1.29, 1.82) is 0 Å². The second-order valence-corrected chi connectivity index (χ2v) is 2.85. The molecule has 88 valence electrons. The van der Waals surface area contributed by atoms with Crippen LogP contribution in [0.3, 0.4) is 0 Å². The second kappa shape index (κ2) is 4.32. The molecule has 0 saturated heterocycles. The maximum Gasteiger partial charge on any atom is 0.225 e. The fourth-order valence-corrected chi connectivity index (χ4v) is 0.987. The summed E-state index contributed by atoms with van der Waals surface area (Å²) in [5.74, 6) is -14.6. The molecule has 0 aliphatic rings. The fraction of sp³-hybridized carbons (Fsp3) is 0. The van der Waals surface area contributed by atoms with Gasteiger partial charge >= 0.3 is 0 Å². The summed E-state index contributed by atoms with van der Waals surface area (Å²) < 4.78 is 87.9. The highest BCUT2D eigenvalue weighted by Gasteiger charge is 2.29. The van der Waals surface area contributed by atoms with Gasteiger partial charge in [-0.25, -0.2) is 26.3 Å². The van der Waals surface area contributed by atoms with Crippen molar-refractivity contribution in [2.45, 2.75) is 0 Å². The number of halogens is 8. The minimum Gasteiger partial charge on any atom is -0.203 e. The summed E-state index contributed by atoms with van der Waals surface area (Å²) in [4.78, 5) is 0. The van der Waals surface area contributed by atoms with E-state index >= 15 is 0 Å². The van der Waals surface area contributed by atoms with E-state index in [1.54, 1.807) is 0 Å². The zero-order chi connectivity index (χ0) is 12.6. The van der Waals surface area contributed by atoms with E-state index in [-0.39, 0.29) is 0 Å². The molecule has 0 unspecified atom stereocenters. The summed E-state index contributed by atoms with van der Waals surface area (Å²) >= 11 is 4.42. The molecular formula is C8ClF7. The standard InChI is InChI=1S/C8ClF7/c9-8(16)4(12)1-2(10)5(13)7(15)6(14)3(1)11/b8-4-. The SMILES string of the molecule is F/C(Cl)=C(\F)c1c(F)c(F)c(F)c(F)c1F. The minimum absolute atomic E-state index is 2.04. The highest BCUT2D eigenvalue weighted by Crippen LogP contribution is 2.32. The predicted molar refractivity (Wildman–Crippen MR) is 41.2 cm³/mol. The van der Waals surface area contributed by atoms with Crippen molar-refractivity contribution in [2.24, 2.45) is 0 Å². The first kappa shape index (κ1) is 12.8. The molecule has 8 heteroatoms. The van der Waals surface area contributed by atoms with Gasteiger partial charge < -0.3 is 0 Å². The van der Waals surface area contributed by atoms with E-state index in [4.69, 9.17) is 0 Å². The van der Waals surface area contributed by atoms with Gasteiger partial charge in [0.05, 0.1) is 5.56 Å². The third-order valence-electron chi connectivity index (χ3n) is 1.60. The average Bonchev–Trinajstić information content (AvgIpc) is 2.23. The Bertz CT molecular complexity index is 447. The van der Waals surface area contributed by atoms with E-state index in [9.17, 15) is 30.7 Å². The molecule has 1 aromatic carbocycles. The lowest BCUT2D eigenvalue weighted by molar-refractivity contribution is 0.374. The maximum absolute atomic E-state index is 12.8. The van der Waals surface area contributed by atoms with Crippen molar-refractivity contribution in [1.82, 2.24) is 0 Å². The van der Waals surface area contributed by atoms with Gasteiger partial charge in [0.1, 0.15) is 0 Å². The van der Waals surface area contributed by atoms with Crippen molar-refractivity contribution >= 4 is 17.4 Å². The Kier molecular flexibility index (Phi) is 3.47. The molecule has 0 fully saturated rings. The Morgan fingerprint density at radius 2 is 1.00 bits per heavy atom. The van der Waals surface area contributed by atoms with Crippen molar-refractivity contribution in [2.75, 3.05) is 0 Å². The van der Waals surface area contributed by atoms with E-state index in [2.05, 4.69) is 11.6 Å². The molecular weight excluding hydrogens is 265 g/mol. The number of hydrogen-bond donors (Lipinski definition) is 0. The van der Waals surface area contributed by atoms with Crippen molar-refractivity contribution in [3.8, 4) is 0 Å². The van der Waals surface area contributed by atoms with Gasteiger partial charge in [-0.2, -0.15) is 4.39 Å². The van der Waals surface area contributed by atoms with Gasteiger partial charge in [-0.05, 0) is 11.6 Å². The van der Waals surface area contributed by atoms with E-state index in [1.807, 2.05) is 0 Å². The topological polar surface area (TPSA) is 0 Å². The first-order valence-electron chi connectivity index (χ1n) is 3.51. The molecule has 16 heavy (non-hydrogen) atoms. The van der Waals surface area contributed by atoms with Crippen molar-refractivity contribution < 1.29 is 30.7 Å². The minimum atomic E-state index is -2.47. The third kappa shape index (κ3) is 1.87. The summed E-state index contributed by atoms with van der Waals surface area (Å²) in [7, 11) is 0. The summed E-state index contributed by atoms with van der Waals surface area (Å²) in [6.45, 7) is 0. The van der Waals surface area contributed by atoms with Crippen LogP contribution in [0, 0.1) is 29.1 Å². The molecule has 0 spiro atoms. The quantitative estimate of drug-likeness (QED) is 0.405. The Hall–Kier alpha value is -1.24. The van der Waals surface area contributed by atoms with Crippen molar-refractivity contribution in [3.63, 3.8) is 0 Å². The lowest BCUT2D eigenvalue weighted by Gasteiger charge is -2.05. The molecule has 0 nitrogen and oxygen atoms in total. The fourth-order valence-electron chi connectivity index (χ4n) is 0.892. The summed E-state index contributed by atoms with van der Waals surface area (Å²) in [6, 6.07) is 0. The van der Waals surface area contributed by atoms with Crippen LogP contribution in [0.15, 0.2) is 5.29 Å². The monoisotopic (exact) mass is 264 g/mol. The highest BCUT2D eigenvalue weighted by atomic mass is 35.5. The zero-order valence-corrected chi connectivity index (χ0v) is 7.78. The smallest absolute Gasteiger partial charge is 0.203 e. The molecule has 0 N–H and O–H groups in total. The highest BCUT2D eigenvalue weighted by molar-refractivity contribution is 6.30.